The minimum atomic E-state index is -0.344. The molecule has 98 valence electrons. The molecule has 1 N–H and O–H groups in total. The summed E-state index contributed by atoms with van der Waals surface area (Å²) in [6, 6.07) is 9.41. The molecule has 5 heteroatoms. The van der Waals surface area contributed by atoms with Gasteiger partial charge < -0.3 is 5.32 Å². The number of hydrogen-bond acceptors (Lipinski definition) is 4. The average Bonchev–Trinajstić information content (AvgIpc) is 2.48. The molecule has 3 rings (SSSR count). The lowest BCUT2D eigenvalue weighted by Crippen LogP contribution is -2.15. The number of pyridine rings is 1. The number of benzene rings is 1. The first kappa shape index (κ1) is 12.2. The summed E-state index contributed by atoms with van der Waals surface area (Å²) in [7, 11) is 0. The van der Waals surface area contributed by atoms with Crippen LogP contribution >= 0.6 is 0 Å². The van der Waals surface area contributed by atoms with E-state index in [1.807, 2.05) is 31.2 Å². The third-order valence-corrected chi connectivity index (χ3v) is 2.87. The Hall–Kier alpha value is -2.82. The van der Waals surface area contributed by atoms with Crippen molar-refractivity contribution in [2.24, 2.45) is 0 Å². The van der Waals surface area contributed by atoms with Gasteiger partial charge in [-0.15, -0.1) is 0 Å². The van der Waals surface area contributed by atoms with Crippen LogP contribution in [0.1, 0.15) is 16.2 Å². The van der Waals surface area contributed by atoms with Crippen LogP contribution in [0.25, 0.3) is 10.9 Å². The topological polar surface area (TPSA) is 67.8 Å². The number of fused-ring (bicyclic) bond motifs is 1. The SMILES string of the molecule is Cc1cc(NC(=O)c2ncccn2)c2ncccc2c1. The first-order chi connectivity index (χ1) is 9.74. The molecule has 0 saturated heterocycles. The molecule has 0 bridgehead atoms. The summed E-state index contributed by atoms with van der Waals surface area (Å²) < 4.78 is 0. The minimum absolute atomic E-state index is 0.137. The van der Waals surface area contributed by atoms with Crippen molar-refractivity contribution in [2.75, 3.05) is 5.32 Å². The number of carbonyl (C=O) groups excluding carboxylic acids is 1. The molecule has 0 unspecified atom stereocenters. The fraction of sp³-hybridized carbons (Fsp3) is 0.0667. The molecule has 0 saturated carbocycles. The van der Waals surface area contributed by atoms with E-state index in [1.54, 1.807) is 12.3 Å². The number of aryl methyl sites for hydroxylation is 1. The van der Waals surface area contributed by atoms with E-state index in [2.05, 4.69) is 20.3 Å². The molecule has 2 aromatic heterocycles. The number of amides is 1. The predicted molar refractivity (Wildman–Crippen MR) is 76.5 cm³/mol. The van der Waals surface area contributed by atoms with E-state index in [1.165, 1.54) is 12.4 Å². The van der Waals surface area contributed by atoms with E-state index >= 15 is 0 Å². The van der Waals surface area contributed by atoms with Gasteiger partial charge in [0.1, 0.15) is 0 Å². The van der Waals surface area contributed by atoms with E-state index in [9.17, 15) is 4.79 Å². The van der Waals surface area contributed by atoms with E-state index in [4.69, 9.17) is 0 Å². The Balaban J connectivity index is 2.01. The van der Waals surface area contributed by atoms with Crippen LogP contribution in [0.15, 0.2) is 48.9 Å². The lowest BCUT2D eigenvalue weighted by Gasteiger charge is -2.08. The van der Waals surface area contributed by atoms with Gasteiger partial charge >= 0.3 is 0 Å². The van der Waals surface area contributed by atoms with Crippen molar-refractivity contribution in [3.63, 3.8) is 0 Å². The van der Waals surface area contributed by atoms with Crippen LogP contribution in [0.3, 0.4) is 0 Å². The highest BCUT2D eigenvalue weighted by atomic mass is 16.2. The van der Waals surface area contributed by atoms with Gasteiger partial charge in [0, 0.05) is 24.0 Å². The highest BCUT2D eigenvalue weighted by Crippen LogP contribution is 2.23. The first-order valence-corrected chi connectivity index (χ1v) is 6.18. The van der Waals surface area contributed by atoms with Crippen molar-refractivity contribution >= 4 is 22.5 Å². The number of rotatable bonds is 2. The van der Waals surface area contributed by atoms with Crippen LogP contribution in [0, 0.1) is 6.92 Å². The Morgan fingerprint density at radius 2 is 1.80 bits per heavy atom. The molecule has 0 atom stereocenters. The van der Waals surface area contributed by atoms with Gasteiger partial charge in [-0.25, -0.2) is 9.97 Å². The minimum Gasteiger partial charge on any atom is -0.317 e. The second-order valence-electron chi connectivity index (χ2n) is 4.41. The van der Waals surface area contributed by atoms with Gasteiger partial charge in [0.15, 0.2) is 0 Å². The highest BCUT2D eigenvalue weighted by Gasteiger charge is 2.11. The lowest BCUT2D eigenvalue weighted by atomic mass is 10.1. The van der Waals surface area contributed by atoms with Crippen molar-refractivity contribution in [1.29, 1.82) is 0 Å². The molecule has 3 aromatic rings. The van der Waals surface area contributed by atoms with Gasteiger partial charge in [-0.2, -0.15) is 0 Å². The van der Waals surface area contributed by atoms with E-state index in [0.717, 1.165) is 16.5 Å². The van der Waals surface area contributed by atoms with Gasteiger partial charge in [0.2, 0.25) is 5.82 Å². The zero-order valence-corrected chi connectivity index (χ0v) is 10.9. The highest BCUT2D eigenvalue weighted by molar-refractivity contribution is 6.06. The number of nitrogens with one attached hydrogen (secondary N) is 1. The molecule has 0 aliphatic rings. The van der Waals surface area contributed by atoms with E-state index in [0.29, 0.717) is 5.69 Å². The lowest BCUT2D eigenvalue weighted by molar-refractivity contribution is 0.101. The largest absolute Gasteiger partial charge is 0.317 e. The maximum atomic E-state index is 12.1. The van der Waals surface area contributed by atoms with Crippen LogP contribution in [-0.4, -0.2) is 20.9 Å². The second kappa shape index (κ2) is 5.05. The van der Waals surface area contributed by atoms with Crippen LogP contribution in [0.4, 0.5) is 5.69 Å². The Morgan fingerprint density at radius 3 is 2.60 bits per heavy atom. The molecule has 0 aliphatic carbocycles. The molecule has 5 nitrogen and oxygen atoms in total. The van der Waals surface area contributed by atoms with Gasteiger partial charge in [-0.3, -0.25) is 9.78 Å². The van der Waals surface area contributed by atoms with Crippen molar-refractivity contribution in [3.05, 3.63) is 60.3 Å². The number of nitrogens with zero attached hydrogens (tertiary/aromatic N) is 3. The predicted octanol–water partition coefficient (Wildman–Crippen LogP) is 2.59. The summed E-state index contributed by atoms with van der Waals surface area (Å²) in [6.45, 7) is 1.97. The zero-order valence-electron chi connectivity index (χ0n) is 10.9. The Bertz CT molecular complexity index is 771. The van der Waals surface area contributed by atoms with Gasteiger partial charge in [0.25, 0.3) is 5.91 Å². The Kier molecular flexibility index (Phi) is 3.09. The van der Waals surface area contributed by atoms with Crippen molar-refractivity contribution < 1.29 is 4.79 Å². The summed E-state index contributed by atoms with van der Waals surface area (Å²) >= 11 is 0. The van der Waals surface area contributed by atoms with Crippen molar-refractivity contribution in [2.45, 2.75) is 6.92 Å². The summed E-state index contributed by atoms with van der Waals surface area (Å²) in [4.78, 5) is 24.3. The van der Waals surface area contributed by atoms with Gasteiger partial charge in [-0.1, -0.05) is 6.07 Å². The first-order valence-electron chi connectivity index (χ1n) is 6.18. The molecule has 0 aliphatic heterocycles. The summed E-state index contributed by atoms with van der Waals surface area (Å²) in [5, 5.41) is 3.80. The molecular formula is C15H12N4O. The third kappa shape index (κ3) is 2.33. The van der Waals surface area contributed by atoms with Crippen LogP contribution in [0.2, 0.25) is 0 Å². The molecule has 20 heavy (non-hydrogen) atoms. The molecule has 1 amide bonds. The molecule has 0 fully saturated rings. The summed E-state index contributed by atoms with van der Waals surface area (Å²) in [6.07, 6.45) is 4.77. The van der Waals surface area contributed by atoms with Crippen LogP contribution in [0.5, 0.6) is 0 Å². The fourth-order valence-electron chi connectivity index (χ4n) is 2.03. The summed E-state index contributed by atoms with van der Waals surface area (Å²) in [5.41, 5.74) is 2.47. The standard InChI is InChI=1S/C15H12N4O/c1-10-8-11-4-2-5-16-13(11)12(9-10)19-15(20)14-17-6-3-7-18-14/h2-9H,1H3,(H,19,20). The smallest absolute Gasteiger partial charge is 0.293 e. The molecule has 2 heterocycles. The third-order valence-electron chi connectivity index (χ3n) is 2.87. The van der Waals surface area contributed by atoms with E-state index < -0.39 is 0 Å². The van der Waals surface area contributed by atoms with Crippen molar-refractivity contribution in [1.82, 2.24) is 15.0 Å². The monoisotopic (exact) mass is 264 g/mol. The van der Waals surface area contributed by atoms with E-state index in [-0.39, 0.29) is 11.7 Å². The molecular weight excluding hydrogens is 252 g/mol. The molecule has 0 radical (unpaired) electrons. The van der Waals surface area contributed by atoms with Gasteiger partial charge in [0.05, 0.1) is 11.2 Å². The Morgan fingerprint density at radius 1 is 1.05 bits per heavy atom. The second-order valence-corrected chi connectivity index (χ2v) is 4.41. The number of aromatic nitrogens is 3. The summed E-state index contributed by atoms with van der Waals surface area (Å²) in [5.74, 6) is -0.207. The maximum Gasteiger partial charge on any atom is 0.293 e. The number of anilines is 1. The average molecular weight is 264 g/mol. The number of carbonyl (C=O) groups is 1. The Labute approximate surface area is 115 Å². The number of hydrogen-bond donors (Lipinski definition) is 1. The quantitative estimate of drug-likeness (QED) is 0.772. The van der Waals surface area contributed by atoms with Crippen LogP contribution in [-0.2, 0) is 0 Å². The normalized spacial score (nSPS) is 10.4. The maximum absolute atomic E-state index is 12.1. The van der Waals surface area contributed by atoms with Gasteiger partial charge in [-0.05, 0) is 36.8 Å². The zero-order chi connectivity index (χ0) is 13.9. The van der Waals surface area contributed by atoms with Crippen molar-refractivity contribution in [3.8, 4) is 0 Å². The molecule has 1 aromatic carbocycles. The fourth-order valence-corrected chi connectivity index (χ4v) is 2.03. The molecule has 0 spiro atoms. The van der Waals surface area contributed by atoms with Crippen LogP contribution < -0.4 is 5.32 Å².